The lowest BCUT2D eigenvalue weighted by Gasteiger charge is -2.05. The molecule has 2 rings (SSSR count). The van der Waals surface area contributed by atoms with Crippen molar-refractivity contribution < 1.29 is 13.2 Å². The van der Waals surface area contributed by atoms with Gasteiger partial charge in [-0.25, -0.2) is 13.6 Å². The summed E-state index contributed by atoms with van der Waals surface area (Å²) in [6.45, 7) is 1.83. The van der Waals surface area contributed by atoms with Gasteiger partial charge in [-0.05, 0) is 25.1 Å². The number of carbonyl (C=O) groups is 1. The normalized spacial score (nSPS) is 11.3. The van der Waals surface area contributed by atoms with E-state index in [-0.39, 0.29) is 16.6 Å². The molecule has 1 heterocycles. The second kappa shape index (κ2) is 6.52. The van der Waals surface area contributed by atoms with Crippen LogP contribution in [0.4, 0.5) is 5.69 Å². The number of benzene rings is 1. The summed E-state index contributed by atoms with van der Waals surface area (Å²) in [6, 6.07) is 5.78. The molecule has 0 spiro atoms. The van der Waals surface area contributed by atoms with Crippen LogP contribution in [0, 0.1) is 6.92 Å². The molecule has 2 aromatic rings. The number of primary sulfonamides is 1. The lowest BCUT2D eigenvalue weighted by Crippen LogP contribution is -2.16. The molecule has 0 aliphatic carbocycles. The van der Waals surface area contributed by atoms with Crippen LogP contribution >= 0.6 is 23.1 Å². The van der Waals surface area contributed by atoms with Crippen molar-refractivity contribution in [3.8, 4) is 0 Å². The molecule has 7 nitrogen and oxygen atoms in total. The van der Waals surface area contributed by atoms with Crippen molar-refractivity contribution in [2.75, 3.05) is 11.1 Å². The molecule has 0 atom stereocenters. The lowest BCUT2D eigenvalue weighted by atomic mass is 10.3. The fourth-order valence-electron chi connectivity index (χ4n) is 1.41. The van der Waals surface area contributed by atoms with Gasteiger partial charge in [-0.1, -0.05) is 29.2 Å². The predicted molar refractivity (Wildman–Crippen MR) is 81.8 cm³/mol. The summed E-state index contributed by atoms with van der Waals surface area (Å²) in [7, 11) is -3.79. The molecule has 1 aromatic heterocycles. The maximum absolute atomic E-state index is 11.8. The average Bonchev–Trinajstić information content (AvgIpc) is 2.82. The number of hydrogen-bond acceptors (Lipinski definition) is 7. The first-order valence-electron chi connectivity index (χ1n) is 5.70. The van der Waals surface area contributed by atoms with Crippen LogP contribution in [-0.4, -0.2) is 30.3 Å². The molecule has 10 heteroatoms. The molecule has 0 saturated carbocycles. The van der Waals surface area contributed by atoms with Gasteiger partial charge in [0, 0.05) is 5.69 Å². The van der Waals surface area contributed by atoms with Crippen LogP contribution in [0.5, 0.6) is 0 Å². The Hall–Kier alpha value is -1.49. The Kier molecular flexibility index (Phi) is 4.93. The van der Waals surface area contributed by atoms with E-state index in [0.29, 0.717) is 10.0 Å². The van der Waals surface area contributed by atoms with Crippen LogP contribution < -0.4 is 10.5 Å². The Labute approximate surface area is 130 Å². The number of thioether (sulfide) groups is 1. The van der Waals surface area contributed by atoms with E-state index in [4.69, 9.17) is 5.14 Å². The molecule has 112 valence electrons. The fraction of sp³-hybridized carbons (Fsp3) is 0.182. The summed E-state index contributed by atoms with van der Waals surface area (Å²) in [4.78, 5) is 11.7. The van der Waals surface area contributed by atoms with E-state index in [0.717, 1.165) is 5.01 Å². The summed E-state index contributed by atoms with van der Waals surface area (Å²) >= 11 is 2.68. The fourth-order valence-corrected chi connectivity index (χ4v) is 3.59. The molecule has 0 aliphatic heterocycles. The number of anilines is 1. The molecule has 1 amide bonds. The van der Waals surface area contributed by atoms with E-state index in [1.165, 1.54) is 41.3 Å². The average molecular weight is 344 g/mol. The molecule has 0 radical (unpaired) electrons. The zero-order valence-corrected chi connectivity index (χ0v) is 13.4. The molecule has 3 N–H and O–H groups in total. The standard InChI is InChI=1S/C11H12N4O3S3/c1-7-14-15-11(20-7)19-6-10(16)13-8-3-2-4-9(5-8)21(12,17)18/h2-5H,6H2,1H3,(H,13,16)(H2,12,17,18). The highest BCUT2D eigenvalue weighted by Crippen LogP contribution is 2.22. The van der Waals surface area contributed by atoms with E-state index in [1.54, 1.807) is 6.07 Å². The maximum Gasteiger partial charge on any atom is 0.238 e. The minimum Gasteiger partial charge on any atom is -0.325 e. The molecular weight excluding hydrogens is 332 g/mol. The van der Waals surface area contributed by atoms with Crippen molar-refractivity contribution in [3.05, 3.63) is 29.3 Å². The molecule has 0 aliphatic rings. The van der Waals surface area contributed by atoms with Gasteiger partial charge in [0.15, 0.2) is 4.34 Å². The molecular formula is C11H12N4O3S3. The van der Waals surface area contributed by atoms with Gasteiger partial charge in [0.2, 0.25) is 15.9 Å². The van der Waals surface area contributed by atoms with Crippen molar-refractivity contribution in [2.45, 2.75) is 16.2 Å². The van der Waals surface area contributed by atoms with Gasteiger partial charge in [0.1, 0.15) is 5.01 Å². The Bertz CT molecular complexity index is 758. The number of sulfonamides is 1. The second-order valence-corrected chi connectivity index (χ2v) is 7.96. The first-order valence-corrected chi connectivity index (χ1v) is 9.05. The number of nitrogens with two attached hydrogens (primary N) is 1. The zero-order valence-electron chi connectivity index (χ0n) is 10.9. The van der Waals surface area contributed by atoms with Crippen LogP contribution in [0.25, 0.3) is 0 Å². The van der Waals surface area contributed by atoms with E-state index in [1.807, 2.05) is 6.92 Å². The largest absolute Gasteiger partial charge is 0.325 e. The van der Waals surface area contributed by atoms with Gasteiger partial charge in [-0.15, -0.1) is 10.2 Å². The summed E-state index contributed by atoms with van der Waals surface area (Å²) in [5, 5.41) is 16.2. The Balaban J connectivity index is 1.96. The summed E-state index contributed by atoms with van der Waals surface area (Å²) in [5.41, 5.74) is 0.376. The minimum absolute atomic E-state index is 0.0484. The molecule has 1 aromatic carbocycles. The van der Waals surface area contributed by atoms with Crippen LogP contribution in [0.3, 0.4) is 0 Å². The molecule has 0 fully saturated rings. The first-order chi connectivity index (χ1) is 9.84. The first kappa shape index (κ1) is 15.9. The second-order valence-electron chi connectivity index (χ2n) is 4.00. The quantitative estimate of drug-likeness (QED) is 0.788. The van der Waals surface area contributed by atoms with Crippen molar-refractivity contribution in [1.82, 2.24) is 10.2 Å². The van der Waals surface area contributed by atoms with Crippen molar-refractivity contribution in [1.29, 1.82) is 0 Å². The summed E-state index contributed by atoms with van der Waals surface area (Å²) in [6.07, 6.45) is 0. The van der Waals surface area contributed by atoms with Crippen molar-refractivity contribution in [3.63, 3.8) is 0 Å². The Morgan fingerprint density at radius 1 is 1.43 bits per heavy atom. The monoisotopic (exact) mass is 344 g/mol. The van der Waals surface area contributed by atoms with Gasteiger partial charge in [0.25, 0.3) is 0 Å². The van der Waals surface area contributed by atoms with Crippen LogP contribution in [0.15, 0.2) is 33.5 Å². The minimum atomic E-state index is -3.79. The summed E-state index contributed by atoms with van der Waals surface area (Å²) in [5.74, 6) is -0.103. The number of carbonyl (C=O) groups excluding carboxylic acids is 1. The highest BCUT2D eigenvalue weighted by atomic mass is 32.2. The third kappa shape index (κ3) is 4.77. The Morgan fingerprint density at radius 3 is 2.81 bits per heavy atom. The summed E-state index contributed by atoms with van der Waals surface area (Å²) < 4.78 is 23.2. The number of rotatable bonds is 5. The predicted octanol–water partition coefficient (Wildman–Crippen LogP) is 1.22. The highest BCUT2D eigenvalue weighted by molar-refractivity contribution is 8.01. The van der Waals surface area contributed by atoms with Gasteiger partial charge in [-0.3, -0.25) is 4.79 Å². The van der Waals surface area contributed by atoms with E-state index in [9.17, 15) is 13.2 Å². The van der Waals surface area contributed by atoms with Gasteiger partial charge in [0.05, 0.1) is 10.6 Å². The number of aromatic nitrogens is 2. The zero-order chi connectivity index (χ0) is 15.5. The van der Waals surface area contributed by atoms with E-state index in [2.05, 4.69) is 15.5 Å². The molecule has 21 heavy (non-hydrogen) atoms. The smallest absolute Gasteiger partial charge is 0.238 e. The van der Waals surface area contributed by atoms with Gasteiger partial charge < -0.3 is 5.32 Å². The van der Waals surface area contributed by atoms with Crippen LogP contribution in [-0.2, 0) is 14.8 Å². The molecule has 0 bridgehead atoms. The number of nitrogens with zero attached hydrogens (tertiary/aromatic N) is 2. The number of hydrogen-bond donors (Lipinski definition) is 2. The third-order valence-corrected chi connectivity index (χ3v) is 5.16. The Morgan fingerprint density at radius 2 is 2.19 bits per heavy atom. The van der Waals surface area contributed by atoms with E-state index >= 15 is 0 Å². The number of aryl methyl sites for hydroxylation is 1. The molecule has 0 saturated heterocycles. The van der Waals surface area contributed by atoms with Gasteiger partial charge in [-0.2, -0.15) is 0 Å². The SMILES string of the molecule is Cc1nnc(SCC(=O)Nc2cccc(S(N)(=O)=O)c2)s1. The topological polar surface area (TPSA) is 115 Å². The van der Waals surface area contributed by atoms with Crippen LogP contribution in [0.2, 0.25) is 0 Å². The van der Waals surface area contributed by atoms with E-state index < -0.39 is 10.0 Å². The lowest BCUT2D eigenvalue weighted by molar-refractivity contribution is -0.113. The van der Waals surface area contributed by atoms with Crippen LogP contribution in [0.1, 0.15) is 5.01 Å². The van der Waals surface area contributed by atoms with Crippen molar-refractivity contribution >= 4 is 44.7 Å². The third-order valence-electron chi connectivity index (χ3n) is 2.28. The van der Waals surface area contributed by atoms with Crippen molar-refractivity contribution in [2.24, 2.45) is 5.14 Å². The number of nitrogens with one attached hydrogen (secondary N) is 1. The molecule has 0 unspecified atom stereocenters. The number of amides is 1. The maximum atomic E-state index is 11.8. The highest BCUT2D eigenvalue weighted by Gasteiger charge is 2.10. The van der Waals surface area contributed by atoms with Gasteiger partial charge >= 0.3 is 0 Å².